The molecule has 3 aromatic heterocycles. The zero-order valence-corrected chi connectivity index (χ0v) is 24.4. The Morgan fingerprint density at radius 1 is 1.02 bits per heavy atom. The van der Waals surface area contributed by atoms with Gasteiger partial charge in [0.1, 0.15) is 5.75 Å². The Labute approximate surface area is 252 Å². The third-order valence-electron chi connectivity index (χ3n) is 7.00. The number of ether oxygens (including phenoxy) is 1. The van der Waals surface area contributed by atoms with Crippen molar-refractivity contribution in [2.45, 2.75) is 25.8 Å². The average molecular weight is 601 g/mol. The van der Waals surface area contributed by atoms with E-state index in [0.717, 1.165) is 39.4 Å². The van der Waals surface area contributed by atoms with Crippen molar-refractivity contribution in [1.82, 2.24) is 24.8 Å². The Hall–Kier alpha value is -4.19. The highest BCUT2D eigenvalue weighted by molar-refractivity contribution is 7.80. The molecule has 1 saturated heterocycles. The van der Waals surface area contributed by atoms with Crippen LogP contribution in [-0.4, -0.2) is 50.1 Å². The lowest BCUT2D eigenvalue weighted by Gasteiger charge is -2.14. The van der Waals surface area contributed by atoms with Crippen LogP contribution in [0.25, 0.3) is 20.8 Å². The highest BCUT2D eigenvalue weighted by Gasteiger charge is 2.16. The molecule has 0 saturated carbocycles. The van der Waals surface area contributed by atoms with Crippen molar-refractivity contribution >= 4 is 50.5 Å². The van der Waals surface area contributed by atoms with Gasteiger partial charge in [0.2, 0.25) is 5.91 Å². The molecule has 2 aromatic carbocycles. The van der Waals surface area contributed by atoms with Crippen LogP contribution in [0.4, 0.5) is 10.1 Å². The number of rotatable bonds is 9. The van der Waals surface area contributed by atoms with Crippen LogP contribution in [-0.2, 0) is 17.8 Å². The molecule has 214 valence electrons. The van der Waals surface area contributed by atoms with Crippen molar-refractivity contribution in [1.29, 1.82) is 0 Å². The van der Waals surface area contributed by atoms with E-state index in [2.05, 4.69) is 36.3 Å². The molecular formula is C31H29FN6O2S2. The van der Waals surface area contributed by atoms with Crippen LogP contribution in [0.15, 0.2) is 79.4 Å². The SMILES string of the molecule is O=C(Cc1ccccc1)NC(=S)Nc1ccc(Oc2ccnc3cc(-c4cn(CCN5CCCC5)cn4)sc23)c(F)c1. The largest absolute Gasteiger partial charge is 0.453 e. The van der Waals surface area contributed by atoms with E-state index in [1.54, 1.807) is 18.3 Å². The summed E-state index contributed by atoms with van der Waals surface area (Å²) in [7, 11) is 0. The number of hydrogen-bond acceptors (Lipinski definition) is 7. The van der Waals surface area contributed by atoms with Crippen LogP contribution in [0, 0.1) is 5.82 Å². The van der Waals surface area contributed by atoms with Gasteiger partial charge in [-0.05, 0) is 61.9 Å². The summed E-state index contributed by atoms with van der Waals surface area (Å²) in [6, 6.07) is 17.5. The van der Waals surface area contributed by atoms with E-state index in [9.17, 15) is 4.79 Å². The van der Waals surface area contributed by atoms with Crippen LogP contribution in [0.3, 0.4) is 0 Å². The first-order valence-corrected chi connectivity index (χ1v) is 15.0. The number of nitrogens with zero attached hydrogens (tertiary/aromatic N) is 4. The Morgan fingerprint density at radius 3 is 2.67 bits per heavy atom. The molecular weight excluding hydrogens is 572 g/mol. The summed E-state index contributed by atoms with van der Waals surface area (Å²) in [6.07, 6.45) is 8.32. The summed E-state index contributed by atoms with van der Waals surface area (Å²) in [4.78, 5) is 24.8. The second-order valence-corrected chi connectivity index (χ2v) is 11.6. The molecule has 1 fully saturated rings. The molecule has 0 radical (unpaired) electrons. The Morgan fingerprint density at radius 2 is 1.86 bits per heavy atom. The van der Waals surface area contributed by atoms with Gasteiger partial charge in [0.25, 0.3) is 0 Å². The second kappa shape index (κ2) is 12.8. The standard InChI is InChI=1S/C31H29FN6O2S2/c32-23-17-22(35-31(41)36-29(39)16-21-6-2-1-3-7-21)8-9-26(23)40-27-10-11-33-24-18-28(42-30(24)27)25-19-38(20-34-25)15-14-37-12-4-5-13-37/h1-3,6-11,17-20H,4-5,12-16H2,(H2,35,36,39,41). The van der Waals surface area contributed by atoms with Gasteiger partial charge in [0.05, 0.1) is 33.5 Å². The maximum absolute atomic E-state index is 15.1. The fourth-order valence-electron chi connectivity index (χ4n) is 4.89. The number of carbonyl (C=O) groups is 1. The molecule has 0 bridgehead atoms. The molecule has 0 atom stereocenters. The minimum atomic E-state index is -0.572. The summed E-state index contributed by atoms with van der Waals surface area (Å²) in [5.41, 5.74) is 2.90. The molecule has 42 heavy (non-hydrogen) atoms. The zero-order valence-electron chi connectivity index (χ0n) is 22.8. The first kappa shape index (κ1) is 28.0. The molecule has 1 amide bonds. The quantitative estimate of drug-likeness (QED) is 0.194. The molecule has 0 aliphatic carbocycles. The number of amides is 1. The van der Waals surface area contributed by atoms with E-state index >= 15 is 4.39 Å². The number of aromatic nitrogens is 3. The van der Waals surface area contributed by atoms with Crippen LogP contribution in [0.5, 0.6) is 11.5 Å². The summed E-state index contributed by atoms with van der Waals surface area (Å²) in [5, 5.41) is 5.56. The predicted octanol–water partition coefficient (Wildman–Crippen LogP) is 6.24. The highest BCUT2D eigenvalue weighted by atomic mass is 32.1. The van der Waals surface area contributed by atoms with Crippen molar-refractivity contribution < 1.29 is 13.9 Å². The highest BCUT2D eigenvalue weighted by Crippen LogP contribution is 2.39. The van der Waals surface area contributed by atoms with Crippen LogP contribution in [0.1, 0.15) is 18.4 Å². The van der Waals surface area contributed by atoms with E-state index in [-0.39, 0.29) is 23.2 Å². The number of pyridine rings is 1. The van der Waals surface area contributed by atoms with Gasteiger partial charge in [0, 0.05) is 43.3 Å². The molecule has 8 nitrogen and oxygen atoms in total. The molecule has 5 aromatic rings. The lowest BCUT2D eigenvalue weighted by atomic mass is 10.1. The van der Waals surface area contributed by atoms with E-state index < -0.39 is 5.82 Å². The van der Waals surface area contributed by atoms with Crippen molar-refractivity contribution in [2.75, 3.05) is 25.0 Å². The number of anilines is 1. The molecule has 0 spiro atoms. The normalized spacial score (nSPS) is 13.4. The molecule has 6 rings (SSSR count). The lowest BCUT2D eigenvalue weighted by Crippen LogP contribution is -2.35. The van der Waals surface area contributed by atoms with Crippen LogP contribution >= 0.6 is 23.6 Å². The molecule has 11 heteroatoms. The average Bonchev–Trinajstić information content (AvgIpc) is 3.75. The van der Waals surface area contributed by atoms with E-state index in [0.29, 0.717) is 11.4 Å². The van der Waals surface area contributed by atoms with Gasteiger partial charge in [-0.3, -0.25) is 9.78 Å². The minimum absolute atomic E-state index is 0.0632. The third kappa shape index (κ3) is 6.81. The summed E-state index contributed by atoms with van der Waals surface area (Å²) >= 11 is 6.75. The Bertz CT molecular complexity index is 1720. The maximum Gasteiger partial charge on any atom is 0.230 e. The number of likely N-dealkylation sites (tertiary alicyclic amines) is 1. The monoisotopic (exact) mass is 600 g/mol. The van der Waals surface area contributed by atoms with E-state index in [4.69, 9.17) is 17.0 Å². The zero-order chi connectivity index (χ0) is 28.9. The Kier molecular flexibility index (Phi) is 8.50. The fourth-order valence-corrected chi connectivity index (χ4v) is 6.15. The van der Waals surface area contributed by atoms with Crippen molar-refractivity contribution in [2.24, 2.45) is 0 Å². The first-order valence-electron chi connectivity index (χ1n) is 13.8. The summed E-state index contributed by atoms with van der Waals surface area (Å²) < 4.78 is 24.0. The second-order valence-electron chi connectivity index (χ2n) is 10.1. The van der Waals surface area contributed by atoms with Gasteiger partial charge >= 0.3 is 0 Å². The van der Waals surface area contributed by atoms with Crippen LogP contribution in [0.2, 0.25) is 0 Å². The Balaban J connectivity index is 1.10. The summed E-state index contributed by atoms with van der Waals surface area (Å²) in [6.45, 7) is 4.27. The number of thiocarbonyl (C=S) groups is 1. The van der Waals surface area contributed by atoms with Gasteiger partial charge in [-0.2, -0.15) is 0 Å². The maximum atomic E-state index is 15.1. The molecule has 4 heterocycles. The lowest BCUT2D eigenvalue weighted by molar-refractivity contribution is -0.119. The number of imidazole rings is 1. The van der Waals surface area contributed by atoms with Crippen molar-refractivity contribution in [3.63, 3.8) is 0 Å². The summed E-state index contributed by atoms with van der Waals surface area (Å²) in [5.74, 6) is -0.261. The van der Waals surface area contributed by atoms with E-state index in [1.165, 1.54) is 49.4 Å². The molecule has 0 unspecified atom stereocenters. The number of halogens is 1. The third-order valence-corrected chi connectivity index (χ3v) is 8.37. The topological polar surface area (TPSA) is 84.3 Å². The molecule has 1 aliphatic heterocycles. The number of hydrogen-bond donors (Lipinski definition) is 2. The molecule has 1 aliphatic rings. The van der Waals surface area contributed by atoms with Crippen LogP contribution < -0.4 is 15.4 Å². The molecule has 2 N–H and O–H groups in total. The number of benzene rings is 2. The fraction of sp³-hybridized carbons (Fsp3) is 0.226. The van der Waals surface area contributed by atoms with Gasteiger partial charge in [0.15, 0.2) is 16.7 Å². The van der Waals surface area contributed by atoms with Gasteiger partial charge in [-0.25, -0.2) is 9.37 Å². The number of fused-ring (bicyclic) bond motifs is 1. The number of carbonyl (C=O) groups excluding carboxylic acids is 1. The van der Waals surface area contributed by atoms with Gasteiger partial charge in [-0.15, -0.1) is 11.3 Å². The first-order chi connectivity index (χ1) is 20.5. The van der Waals surface area contributed by atoms with Gasteiger partial charge < -0.3 is 24.8 Å². The van der Waals surface area contributed by atoms with Crippen molar-refractivity contribution in [3.8, 4) is 22.1 Å². The van der Waals surface area contributed by atoms with E-state index in [1.807, 2.05) is 42.7 Å². The predicted molar refractivity (Wildman–Crippen MR) is 167 cm³/mol. The number of nitrogens with one attached hydrogen (secondary N) is 2. The van der Waals surface area contributed by atoms with Gasteiger partial charge in [-0.1, -0.05) is 30.3 Å². The minimum Gasteiger partial charge on any atom is -0.453 e. The number of thiophene rings is 1. The smallest absolute Gasteiger partial charge is 0.230 e. The van der Waals surface area contributed by atoms with Crippen molar-refractivity contribution in [3.05, 3.63) is 90.8 Å².